The van der Waals surface area contributed by atoms with Crippen molar-refractivity contribution in [2.24, 2.45) is 11.7 Å². The Labute approximate surface area is 248 Å². The van der Waals surface area contributed by atoms with Gasteiger partial charge < -0.3 is 20.3 Å². The molecule has 0 aliphatic carbocycles. The summed E-state index contributed by atoms with van der Waals surface area (Å²) in [5.41, 5.74) is 9.01. The molecule has 230 valence electrons. The van der Waals surface area contributed by atoms with Crippen LogP contribution < -0.4 is 15.2 Å². The Balaban J connectivity index is 1.94. The molecular weight excluding hydrogens is 576 g/mol. The van der Waals surface area contributed by atoms with Gasteiger partial charge in [0.05, 0.1) is 5.69 Å². The summed E-state index contributed by atoms with van der Waals surface area (Å²) in [6.07, 6.45) is 0.741. The molecule has 12 nitrogen and oxygen atoms in total. The van der Waals surface area contributed by atoms with Crippen LogP contribution in [0.2, 0.25) is 25.7 Å². The molecule has 0 saturated carbocycles. The second-order valence-electron chi connectivity index (χ2n) is 12.0. The van der Waals surface area contributed by atoms with Gasteiger partial charge in [0, 0.05) is 38.4 Å². The third-order valence-corrected chi connectivity index (χ3v) is 9.25. The monoisotopic (exact) mass is 618 g/mol. The summed E-state index contributed by atoms with van der Waals surface area (Å²) in [6, 6.07) is 9.03. The van der Waals surface area contributed by atoms with E-state index < -0.39 is 29.1 Å². The van der Waals surface area contributed by atoms with Crippen molar-refractivity contribution in [2.75, 3.05) is 17.9 Å². The van der Waals surface area contributed by atoms with E-state index in [2.05, 4.69) is 53.3 Å². The van der Waals surface area contributed by atoms with Gasteiger partial charge in [0.15, 0.2) is 5.03 Å². The van der Waals surface area contributed by atoms with E-state index in [4.69, 9.17) is 15.2 Å². The van der Waals surface area contributed by atoms with Gasteiger partial charge in [0.25, 0.3) is 10.0 Å². The Bertz CT molecular complexity index is 1480. The number of aromatic carboxylic acids is 1. The Morgan fingerprint density at radius 1 is 1.14 bits per heavy atom. The fourth-order valence-electron chi connectivity index (χ4n) is 4.25. The molecule has 14 heteroatoms. The van der Waals surface area contributed by atoms with E-state index in [9.17, 15) is 18.3 Å². The van der Waals surface area contributed by atoms with Crippen molar-refractivity contribution in [1.29, 1.82) is 0 Å². The van der Waals surface area contributed by atoms with Crippen molar-refractivity contribution in [1.82, 2.24) is 19.7 Å². The van der Waals surface area contributed by atoms with Crippen LogP contribution in [0.25, 0.3) is 11.3 Å². The number of nitrogens with two attached hydrogens (primary N) is 1. The van der Waals surface area contributed by atoms with Crippen LogP contribution in [0.1, 0.15) is 41.9 Å². The summed E-state index contributed by atoms with van der Waals surface area (Å²) >= 11 is 0. The van der Waals surface area contributed by atoms with Crippen LogP contribution in [-0.2, 0) is 21.5 Å². The highest BCUT2D eigenvalue weighted by Crippen LogP contribution is 2.29. The molecule has 0 fully saturated rings. The second kappa shape index (κ2) is 13.8. The maximum absolute atomic E-state index is 13.4. The number of hydrogen-bond donors (Lipinski definition) is 3. The molecule has 0 aliphatic heterocycles. The molecule has 3 rings (SSSR count). The molecule has 0 saturated heterocycles. The maximum atomic E-state index is 13.4. The van der Waals surface area contributed by atoms with Crippen LogP contribution in [-0.4, -0.2) is 66.6 Å². The number of hydrogen-bond acceptors (Lipinski definition) is 9. The summed E-state index contributed by atoms with van der Waals surface area (Å²) in [5, 5.41) is 13.2. The van der Waals surface area contributed by atoms with E-state index in [1.165, 1.54) is 0 Å². The highest BCUT2D eigenvalue weighted by molar-refractivity contribution is 7.92. The average molecular weight is 619 g/mol. The van der Waals surface area contributed by atoms with Gasteiger partial charge >= 0.3 is 5.97 Å². The highest BCUT2D eigenvalue weighted by atomic mass is 32.2. The number of nitrogens with zero attached hydrogens (tertiary/aromatic N) is 4. The average Bonchev–Trinajstić information content (AvgIpc) is 3.30. The smallest absolute Gasteiger partial charge is 0.354 e. The molecule has 2 heterocycles. The van der Waals surface area contributed by atoms with Crippen LogP contribution in [0.15, 0.2) is 35.4 Å². The van der Waals surface area contributed by atoms with Crippen molar-refractivity contribution in [3.8, 4) is 17.1 Å². The second-order valence-corrected chi connectivity index (χ2v) is 19.3. The summed E-state index contributed by atoms with van der Waals surface area (Å²) in [5.74, 6) is -1.06. The molecule has 4 N–H and O–H groups in total. The molecule has 0 aliphatic rings. The third kappa shape index (κ3) is 9.34. The summed E-state index contributed by atoms with van der Waals surface area (Å²) in [6.45, 7) is 15.0. The number of ether oxygens (including phenoxy) is 2. The quantitative estimate of drug-likeness (QED) is 0.162. The first kappa shape index (κ1) is 33.2. The standard InChI is InChI=1S/C28H42N6O6SSi/c1-18(2)13-21(29)16-40-24-14-22(26-19(3)9-8-10-20(26)4)30-28(31-24)33-41(37,38)25-15-23(27(35)36)34(32-25)17-39-11-12-42(5,6)7/h8-10,14-15,18,21H,11-13,16-17,29H2,1-7H3,(H,35,36)(H,30,31,33). The molecule has 0 amide bonds. The van der Waals surface area contributed by atoms with Crippen molar-refractivity contribution in [3.63, 3.8) is 0 Å². The van der Waals surface area contributed by atoms with Gasteiger partial charge in [0.1, 0.15) is 19.0 Å². The lowest BCUT2D eigenvalue weighted by Gasteiger charge is -2.16. The molecular formula is C28H42N6O6SSi. The minimum absolute atomic E-state index is 0.145. The Hall–Kier alpha value is -3.33. The van der Waals surface area contributed by atoms with E-state index in [0.717, 1.165) is 39.9 Å². The van der Waals surface area contributed by atoms with Crippen LogP contribution >= 0.6 is 0 Å². The molecule has 2 aromatic heterocycles. The van der Waals surface area contributed by atoms with Gasteiger partial charge in [-0.15, -0.1) is 0 Å². The molecule has 0 spiro atoms. The minimum atomic E-state index is -4.38. The topological polar surface area (TPSA) is 172 Å². The molecule has 1 aromatic carbocycles. The van der Waals surface area contributed by atoms with E-state index >= 15 is 0 Å². The Morgan fingerprint density at radius 3 is 2.40 bits per heavy atom. The first-order chi connectivity index (χ1) is 19.6. The number of anilines is 1. The van der Waals surface area contributed by atoms with Gasteiger partial charge in [-0.25, -0.2) is 19.2 Å². The number of sulfonamides is 1. The van der Waals surface area contributed by atoms with Crippen LogP contribution in [0, 0.1) is 19.8 Å². The lowest BCUT2D eigenvalue weighted by Crippen LogP contribution is -2.29. The number of carboxylic acid groups (broad SMARTS) is 1. The number of rotatable bonds is 15. The predicted octanol–water partition coefficient (Wildman–Crippen LogP) is 4.52. The lowest BCUT2D eigenvalue weighted by atomic mass is 10.00. The molecule has 1 atom stereocenters. The van der Waals surface area contributed by atoms with Crippen LogP contribution in [0.5, 0.6) is 5.88 Å². The molecule has 0 bridgehead atoms. The van der Waals surface area contributed by atoms with Gasteiger partial charge in [-0.05, 0) is 43.4 Å². The minimum Gasteiger partial charge on any atom is -0.477 e. The Kier molecular flexibility index (Phi) is 10.9. The van der Waals surface area contributed by atoms with E-state index in [-0.39, 0.29) is 36.9 Å². The van der Waals surface area contributed by atoms with Gasteiger partial charge in [-0.3, -0.25) is 0 Å². The lowest BCUT2D eigenvalue weighted by molar-refractivity contribution is 0.0588. The van der Waals surface area contributed by atoms with E-state index in [0.29, 0.717) is 18.2 Å². The number of aryl methyl sites for hydroxylation is 2. The van der Waals surface area contributed by atoms with Crippen molar-refractivity contribution in [3.05, 3.63) is 47.2 Å². The number of carboxylic acids is 1. The summed E-state index contributed by atoms with van der Waals surface area (Å²) in [7, 11) is -5.75. The van der Waals surface area contributed by atoms with E-state index in [1.54, 1.807) is 6.07 Å². The number of nitrogens with one attached hydrogen (secondary N) is 1. The van der Waals surface area contributed by atoms with Crippen molar-refractivity contribution < 1.29 is 27.8 Å². The van der Waals surface area contributed by atoms with Gasteiger partial charge in [-0.2, -0.15) is 18.5 Å². The van der Waals surface area contributed by atoms with Crippen LogP contribution in [0.4, 0.5) is 5.95 Å². The zero-order chi connectivity index (χ0) is 31.2. The SMILES string of the molecule is Cc1cccc(C)c1-c1cc(OCC(N)CC(C)C)nc(NS(=O)(=O)c2cc(C(=O)O)n(COCC[Si](C)(C)C)n2)n1. The molecule has 0 radical (unpaired) electrons. The molecule has 1 unspecified atom stereocenters. The first-order valence-corrected chi connectivity index (χ1v) is 19.0. The maximum Gasteiger partial charge on any atom is 0.354 e. The highest BCUT2D eigenvalue weighted by Gasteiger charge is 2.26. The summed E-state index contributed by atoms with van der Waals surface area (Å²) in [4.78, 5) is 20.6. The fourth-order valence-corrected chi connectivity index (χ4v) is 5.92. The van der Waals surface area contributed by atoms with E-state index in [1.807, 2.05) is 32.0 Å². The van der Waals surface area contributed by atoms with Crippen molar-refractivity contribution in [2.45, 2.75) is 77.6 Å². The summed E-state index contributed by atoms with van der Waals surface area (Å²) < 4.78 is 41.6. The predicted molar refractivity (Wildman–Crippen MR) is 164 cm³/mol. The normalized spacial score (nSPS) is 12.9. The van der Waals surface area contributed by atoms with Crippen LogP contribution in [0.3, 0.4) is 0 Å². The largest absolute Gasteiger partial charge is 0.477 e. The molecule has 3 aromatic rings. The number of benzene rings is 1. The number of carbonyl (C=O) groups is 1. The van der Waals surface area contributed by atoms with Gasteiger partial charge in [-0.1, -0.05) is 51.7 Å². The zero-order valence-corrected chi connectivity index (χ0v) is 27.2. The molecule has 42 heavy (non-hydrogen) atoms. The number of aromatic nitrogens is 4. The Morgan fingerprint density at radius 2 is 1.81 bits per heavy atom. The fraction of sp³-hybridized carbons (Fsp3) is 0.500. The van der Waals surface area contributed by atoms with Crippen molar-refractivity contribution >= 4 is 30.0 Å². The third-order valence-electron chi connectivity index (χ3n) is 6.35. The first-order valence-electron chi connectivity index (χ1n) is 13.8. The zero-order valence-electron chi connectivity index (χ0n) is 25.3. The van der Waals surface area contributed by atoms with Gasteiger partial charge in [0.2, 0.25) is 11.8 Å².